The van der Waals surface area contributed by atoms with E-state index in [1.54, 1.807) is 29.6 Å². The molecule has 1 aromatic rings. The van der Waals surface area contributed by atoms with Crippen LogP contribution in [0, 0.1) is 0 Å². The molecule has 5 nitrogen and oxygen atoms in total. The highest BCUT2D eigenvalue weighted by Crippen LogP contribution is 2.33. The number of methoxy groups -OCH3 is 1. The molecule has 1 aliphatic rings. The minimum Gasteiger partial charge on any atom is -0.496 e. The minimum atomic E-state index is -3.55. The fraction of sp³-hybridized carbons (Fsp3) is 0.571. The zero-order valence-corrected chi connectivity index (χ0v) is 14.7. The number of rotatable bonds is 4. The number of hydrogen-bond donors (Lipinski definition) is 1. The molecule has 2 unspecified atom stereocenters. The van der Waals surface area contributed by atoms with Gasteiger partial charge in [0.1, 0.15) is 5.75 Å². The van der Waals surface area contributed by atoms with Crippen LogP contribution in [0.5, 0.6) is 5.75 Å². The summed E-state index contributed by atoms with van der Waals surface area (Å²) in [6.07, 6.45) is 2.70. The Kier molecular flexibility index (Phi) is 5.29. The van der Waals surface area contributed by atoms with Gasteiger partial charge in [0.25, 0.3) is 0 Å². The first-order valence-corrected chi connectivity index (χ1v) is 9.22. The van der Waals surface area contributed by atoms with Crippen molar-refractivity contribution in [1.29, 1.82) is 0 Å². The van der Waals surface area contributed by atoms with E-state index in [4.69, 9.17) is 10.5 Å². The fourth-order valence-corrected chi connectivity index (χ4v) is 5.45. The van der Waals surface area contributed by atoms with Crippen LogP contribution in [0.3, 0.4) is 0 Å². The maximum Gasteiger partial charge on any atom is 0.243 e. The largest absolute Gasteiger partial charge is 0.496 e. The first-order chi connectivity index (χ1) is 9.91. The summed E-state index contributed by atoms with van der Waals surface area (Å²) in [6, 6.07) is 4.66. The molecule has 0 saturated carbocycles. The van der Waals surface area contributed by atoms with Gasteiger partial charge in [-0.1, -0.05) is 6.42 Å². The standard InChI is InChI=1S/C14H21BrN2O3S/c1-10-4-3-5-11(9-16)17(10)21(18,19)12-6-7-14(20-2)13(15)8-12/h6-8,10-11H,3-5,9,16H2,1-2H3. The van der Waals surface area contributed by atoms with Crippen molar-refractivity contribution in [3.63, 3.8) is 0 Å². The van der Waals surface area contributed by atoms with E-state index in [0.717, 1.165) is 19.3 Å². The monoisotopic (exact) mass is 376 g/mol. The predicted molar refractivity (Wildman–Crippen MR) is 85.9 cm³/mol. The summed E-state index contributed by atoms with van der Waals surface area (Å²) in [5.74, 6) is 0.607. The second kappa shape index (κ2) is 6.64. The molecule has 1 fully saturated rings. The Morgan fingerprint density at radius 3 is 2.71 bits per heavy atom. The van der Waals surface area contributed by atoms with Crippen LogP contribution < -0.4 is 10.5 Å². The molecule has 2 rings (SSSR count). The second-order valence-corrected chi connectivity index (χ2v) is 8.00. The normalized spacial score (nSPS) is 24.0. The van der Waals surface area contributed by atoms with Crippen molar-refractivity contribution in [2.24, 2.45) is 5.73 Å². The highest BCUT2D eigenvalue weighted by molar-refractivity contribution is 9.10. The number of ether oxygens (including phenoxy) is 1. The number of benzene rings is 1. The minimum absolute atomic E-state index is 0.0295. The van der Waals surface area contributed by atoms with Gasteiger partial charge in [0.2, 0.25) is 10.0 Å². The molecule has 1 heterocycles. The Morgan fingerprint density at radius 1 is 1.43 bits per heavy atom. The van der Waals surface area contributed by atoms with Crippen molar-refractivity contribution in [1.82, 2.24) is 4.31 Å². The molecule has 2 atom stereocenters. The van der Waals surface area contributed by atoms with Crippen molar-refractivity contribution in [3.8, 4) is 5.75 Å². The molecule has 1 aliphatic heterocycles. The van der Waals surface area contributed by atoms with Gasteiger partial charge in [-0.05, 0) is 53.9 Å². The van der Waals surface area contributed by atoms with Gasteiger partial charge in [-0.3, -0.25) is 0 Å². The number of halogens is 1. The number of piperidine rings is 1. The summed E-state index contributed by atoms with van der Waals surface area (Å²) in [5.41, 5.74) is 5.77. The van der Waals surface area contributed by atoms with Crippen LogP contribution >= 0.6 is 15.9 Å². The van der Waals surface area contributed by atoms with Gasteiger partial charge in [-0.25, -0.2) is 8.42 Å². The number of sulfonamides is 1. The van der Waals surface area contributed by atoms with Crippen molar-refractivity contribution in [3.05, 3.63) is 22.7 Å². The van der Waals surface area contributed by atoms with Crippen molar-refractivity contribution in [2.45, 2.75) is 43.2 Å². The van der Waals surface area contributed by atoms with Crippen LogP contribution in [-0.4, -0.2) is 38.5 Å². The van der Waals surface area contributed by atoms with Gasteiger partial charge in [0.15, 0.2) is 0 Å². The van der Waals surface area contributed by atoms with Gasteiger partial charge < -0.3 is 10.5 Å². The van der Waals surface area contributed by atoms with Crippen LogP contribution in [0.4, 0.5) is 0 Å². The van der Waals surface area contributed by atoms with Crippen molar-refractivity contribution in [2.75, 3.05) is 13.7 Å². The van der Waals surface area contributed by atoms with Crippen LogP contribution in [-0.2, 0) is 10.0 Å². The van der Waals surface area contributed by atoms with Gasteiger partial charge in [0.05, 0.1) is 16.5 Å². The third-order valence-electron chi connectivity index (χ3n) is 3.92. The zero-order chi connectivity index (χ0) is 15.6. The van der Waals surface area contributed by atoms with Crippen molar-refractivity contribution >= 4 is 26.0 Å². The van der Waals surface area contributed by atoms with E-state index in [2.05, 4.69) is 15.9 Å². The lowest BCUT2D eigenvalue weighted by atomic mass is 10.00. The quantitative estimate of drug-likeness (QED) is 0.874. The number of nitrogens with zero attached hydrogens (tertiary/aromatic N) is 1. The highest BCUT2D eigenvalue weighted by atomic mass is 79.9. The van der Waals surface area contributed by atoms with Crippen LogP contribution in [0.1, 0.15) is 26.2 Å². The molecule has 0 amide bonds. The molecular formula is C14H21BrN2O3S. The van der Waals surface area contributed by atoms with Gasteiger partial charge in [0, 0.05) is 18.6 Å². The van der Waals surface area contributed by atoms with Gasteiger partial charge in [-0.15, -0.1) is 0 Å². The Bertz CT molecular complexity index is 606. The lowest BCUT2D eigenvalue weighted by Gasteiger charge is -2.39. The Hall–Kier alpha value is -0.630. The zero-order valence-electron chi connectivity index (χ0n) is 12.3. The van der Waals surface area contributed by atoms with Crippen LogP contribution in [0.15, 0.2) is 27.6 Å². The van der Waals surface area contributed by atoms with Gasteiger partial charge >= 0.3 is 0 Å². The molecular weight excluding hydrogens is 356 g/mol. The predicted octanol–water partition coefficient (Wildman–Crippen LogP) is 2.35. The van der Waals surface area contributed by atoms with E-state index in [1.165, 1.54) is 0 Å². The van der Waals surface area contributed by atoms with E-state index in [0.29, 0.717) is 16.8 Å². The molecule has 1 saturated heterocycles. The average molecular weight is 377 g/mol. The molecule has 0 bridgehead atoms. The molecule has 118 valence electrons. The smallest absolute Gasteiger partial charge is 0.243 e. The molecule has 2 N–H and O–H groups in total. The Morgan fingerprint density at radius 2 is 2.14 bits per heavy atom. The lowest BCUT2D eigenvalue weighted by Crippen LogP contribution is -2.51. The molecule has 21 heavy (non-hydrogen) atoms. The summed E-state index contributed by atoms with van der Waals surface area (Å²) in [7, 11) is -2.01. The highest BCUT2D eigenvalue weighted by Gasteiger charge is 2.37. The second-order valence-electron chi connectivity index (χ2n) is 5.30. The molecule has 7 heteroatoms. The summed E-state index contributed by atoms with van der Waals surface area (Å²) >= 11 is 3.34. The van der Waals surface area contributed by atoms with Crippen molar-refractivity contribution < 1.29 is 13.2 Å². The first-order valence-electron chi connectivity index (χ1n) is 6.99. The lowest BCUT2D eigenvalue weighted by molar-refractivity contribution is 0.196. The Balaban J connectivity index is 2.42. The summed E-state index contributed by atoms with van der Waals surface area (Å²) in [5, 5.41) is 0. The summed E-state index contributed by atoms with van der Waals surface area (Å²) in [6.45, 7) is 2.29. The fourth-order valence-electron chi connectivity index (χ4n) is 2.85. The average Bonchev–Trinajstić information content (AvgIpc) is 2.46. The van der Waals surface area contributed by atoms with Gasteiger partial charge in [-0.2, -0.15) is 4.31 Å². The van der Waals surface area contributed by atoms with E-state index in [1.807, 2.05) is 6.92 Å². The van der Waals surface area contributed by atoms with E-state index in [-0.39, 0.29) is 17.0 Å². The SMILES string of the molecule is COc1ccc(S(=O)(=O)N2C(C)CCCC2CN)cc1Br. The summed E-state index contributed by atoms with van der Waals surface area (Å²) < 4.78 is 33.2. The van der Waals surface area contributed by atoms with E-state index < -0.39 is 10.0 Å². The van der Waals surface area contributed by atoms with E-state index in [9.17, 15) is 8.42 Å². The third kappa shape index (κ3) is 3.26. The maximum atomic E-state index is 12.9. The van der Waals surface area contributed by atoms with Crippen LogP contribution in [0.25, 0.3) is 0 Å². The first kappa shape index (κ1) is 16.7. The maximum absolute atomic E-state index is 12.9. The third-order valence-corrected chi connectivity index (χ3v) is 6.61. The topological polar surface area (TPSA) is 72.6 Å². The molecule has 1 aromatic carbocycles. The molecule has 0 radical (unpaired) electrons. The molecule has 0 spiro atoms. The van der Waals surface area contributed by atoms with Crippen LogP contribution in [0.2, 0.25) is 0 Å². The number of hydrogen-bond acceptors (Lipinski definition) is 4. The Labute approximate surface area is 134 Å². The van der Waals surface area contributed by atoms with E-state index >= 15 is 0 Å². The summed E-state index contributed by atoms with van der Waals surface area (Å²) in [4.78, 5) is 0.266. The molecule has 0 aliphatic carbocycles. The number of nitrogens with two attached hydrogens (primary N) is 1. The molecule has 0 aromatic heterocycles.